The van der Waals surface area contributed by atoms with Gasteiger partial charge in [0.2, 0.25) is 0 Å². The Morgan fingerprint density at radius 1 is 1.12 bits per heavy atom. The summed E-state index contributed by atoms with van der Waals surface area (Å²) in [5.74, 6) is -0.909. The minimum absolute atomic E-state index is 0.0400. The van der Waals surface area contributed by atoms with Crippen LogP contribution in [0, 0.1) is 7.14 Å². The monoisotopic (exact) mass is 577 g/mol. The van der Waals surface area contributed by atoms with E-state index in [1.807, 2.05) is 26.0 Å². The van der Waals surface area contributed by atoms with E-state index in [4.69, 9.17) is 4.74 Å². The van der Waals surface area contributed by atoms with Crippen LogP contribution in [0.5, 0.6) is 5.75 Å². The first-order valence-corrected chi connectivity index (χ1v) is 9.90. The first-order valence-electron chi connectivity index (χ1n) is 7.75. The van der Waals surface area contributed by atoms with Crippen LogP contribution in [0.25, 0.3) is 6.08 Å². The molecule has 0 unspecified atom stereocenters. The Hall–Kier alpha value is -1.62. The quantitative estimate of drug-likeness (QED) is 0.391. The SMILES string of the molecule is CC(C)Oc1c(I)cc(C=C(NC(=O)c2ccccc2)C(=O)O)cc1I. The predicted molar refractivity (Wildman–Crippen MR) is 117 cm³/mol. The average Bonchev–Trinajstić information content (AvgIpc) is 2.58. The van der Waals surface area contributed by atoms with E-state index in [9.17, 15) is 14.7 Å². The Balaban J connectivity index is 2.31. The van der Waals surface area contributed by atoms with Crippen molar-refractivity contribution >= 4 is 63.1 Å². The molecule has 0 spiro atoms. The van der Waals surface area contributed by atoms with Crippen molar-refractivity contribution in [2.24, 2.45) is 0 Å². The Kier molecular flexibility index (Phi) is 7.44. The summed E-state index contributed by atoms with van der Waals surface area (Å²) >= 11 is 4.30. The highest BCUT2D eigenvalue weighted by molar-refractivity contribution is 14.1. The van der Waals surface area contributed by atoms with E-state index in [1.54, 1.807) is 30.3 Å². The number of carboxylic acids is 1. The van der Waals surface area contributed by atoms with E-state index in [0.717, 1.165) is 12.9 Å². The topological polar surface area (TPSA) is 75.6 Å². The lowest BCUT2D eigenvalue weighted by atomic mass is 10.1. The Morgan fingerprint density at radius 3 is 2.19 bits per heavy atom. The zero-order chi connectivity index (χ0) is 19.3. The van der Waals surface area contributed by atoms with E-state index in [-0.39, 0.29) is 11.8 Å². The molecule has 0 aromatic heterocycles. The van der Waals surface area contributed by atoms with Gasteiger partial charge in [0.1, 0.15) is 11.4 Å². The van der Waals surface area contributed by atoms with Gasteiger partial charge in [-0.15, -0.1) is 0 Å². The van der Waals surface area contributed by atoms with Gasteiger partial charge in [0, 0.05) is 5.56 Å². The number of hydrogen-bond acceptors (Lipinski definition) is 3. The first-order chi connectivity index (χ1) is 12.3. The van der Waals surface area contributed by atoms with Gasteiger partial charge in [-0.2, -0.15) is 0 Å². The van der Waals surface area contributed by atoms with E-state index < -0.39 is 11.9 Å². The van der Waals surface area contributed by atoms with Gasteiger partial charge in [-0.25, -0.2) is 4.79 Å². The van der Waals surface area contributed by atoms with Crippen LogP contribution in [-0.2, 0) is 4.79 Å². The summed E-state index contributed by atoms with van der Waals surface area (Å²) in [6.07, 6.45) is 1.48. The molecule has 0 aliphatic rings. The lowest BCUT2D eigenvalue weighted by Gasteiger charge is -2.14. The van der Waals surface area contributed by atoms with Gasteiger partial charge >= 0.3 is 5.97 Å². The summed E-state index contributed by atoms with van der Waals surface area (Å²) in [5.41, 5.74) is 0.869. The highest BCUT2D eigenvalue weighted by Gasteiger charge is 2.15. The van der Waals surface area contributed by atoms with Crippen molar-refractivity contribution in [1.82, 2.24) is 5.32 Å². The molecule has 0 saturated carbocycles. The lowest BCUT2D eigenvalue weighted by Crippen LogP contribution is -2.27. The van der Waals surface area contributed by atoms with Gasteiger partial charge in [0.15, 0.2) is 0 Å². The van der Waals surface area contributed by atoms with Gasteiger partial charge in [-0.3, -0.25) is 4.79 Å². The molecule has 0 bridgehead atoms. The summed E-state index contributed by atoms with van der Waals surface area (Å²) in [6.45, 7) is 3.89. The molecule has 136 valence electrons. The van der Waals surface area contributed by atoms with Crippen molar-refractivity contribution in [2.45, 2.75) is 20.0 Å². The van der Waals surface area contributed by atoms with Crippen LogP contribution >= 0.6 is 45.2 Å². The first kappa shape index (κ1) is 20.7. The van der Waals surface area contributed by atoms with Gasteiger partial charge in [-0.1, -0.05) is 18.2 Å². The van der Waals surface area contributed by atoms with Crippen molar-refractivity contribution < 1.29 is 19.4 Å². The second-order valence-corrected chi connectivity index (χ2v) is 7.99. The number of halogens is 2. The minimum atomic E-state index is -1.21. The van der Waals surface area contributed by atoms with Crippen molar-refractivity contribution in [1.29, 1.82) is 0 Å². The fourth-order valence-corrected chi connectivity index (χ4v) is 4.18. The molecule has 5 nitrogen and oxygen atoms in total. The van der Waals surface area contributed by atoms with E-state index >= 15 is 0 Å². The minimum Gasteiger partial charge on any atom is -0.489 e. The number of carbonyl (C=O) groups is 2. The molecular weight excluding hydrogens is 560 g/mol. The molecule has 0 atom stereocenters. The summed E-state index contributed by atoms with van der Waals surface area (Å²) in [7, 11) is 0. The molecule has 2 aromatic carbocycles. The molecular formula is C19H17I2NO4. The lowest BCUT2D eigenvalue weighted by molar-refractivity contribution is -0.132. The number of aliphatic carboxylic acids is 1. The summed E-state index contributed by atoms with van der Waals surface area (Å²) in [4.78, 5) is 23.8. The van der Waals surface area contributed by atoms with Gasteiger partial charge in [-0.05, 0) is 94.9 Å². The Labute approximate surface area is 179 Å². The fraction of sp³-hybridized carbons (Fsp3) is 0.158. The van der Waals surface area contributed by atoms with Crippen LogP contribution in [0.4, 0.5) is 0 Å². The van der Waals surface area contributed by atoms with Crippen LogP contribution in [0.2, 0.25) is 0 Å². The molecule has 0 heterocycles. The van der Waals surface area contributed by atoms with Gasteiger partial charge in [0.25, 0.3) is 5.91 Å². The number of nitrogens with one attached hydrogen (secondary N) is 1. The van der Waals surface area contributed by atoms with E-state index in [0.29, 0.717) is 11.1 Å². The summed E-state index contributed by atoms with van der Waals surface area (Å²) < 4.78 is 7.52. The zero-order valence-corrected chi connectivity index (χ0v) is 18.4. The maximum atomic E-state index is 12.2. The maximum absolute atomic E-state index is 12.2. The molecule has 26 heavy (non-hydrogen) atoms. The number of carboxylic acid groups (broad SMARTS) is 1. The van der Waals surface area contributed by atoms with Crippen molar-refractivity contribution in [3.05, 3.63) is 66.4 Å². The number of benzene rings is 2. The molecule has 0 aliphatic carbocycles. The van der Waals surface area contributed by atoms with Crippen LogP contribution < -0.4 is 10.1 Å². The predicted octanol–water partition coefficient (Wildman–Crippen LogP) is 4.54. The standard InChI is InChI=1S/C19H17I2NO4/c1-11(2)26-17-14(20)8-12(9-15(17)21)10-16(19(24)25)22-18(23)13-6-4-3-5-7-13/h3-11H,1-2H3,(H,22,23)(H,24,25). The molecule has 2 N–H and O–H groups in total. The third-order valence-electron chi connectivity index (χ3n) is 3.20. The average molecular weight is 577 g/mol. The second kappa shape index (κ2) is 9.36. The zero-order valence-electron chi connectivity index (χ0n) is 14.1. The third kappa shape index (κ3) is 5.70. The van der Waals surface area contributed by atoms with Crippen molar-refractivity contribution in [3.8, 4) is 5.75 Å². The normalized spacial score (nSPS) is 11.3. The van der Waals surface area contributed by atoms with Crippen LogP contribution in [0.15, 0.2) is 48.2 Å². The fourth-order valence-electron chi connectivity index (χ4n) is 2.11. The molecule has 0 fully saturated rings. The van der Waals surface area contributed by atoms with Crippen molar-refractivity contribution in [2.75, 3.05) is 0 Å². The second-order valence-electron chi connectivity index (χ2n) is 5.66. The largest absolute Gasteiger partial charge is 0.489 e. The Morgan fingerprint density at radius 2 is 1.69 bits per heavy atom. The molecule has 0 aliphatic heterocycles. The number of hydrogen-bond donors (Lipinski definition) is 2. The van der Waals surface area contributed by atoms with Crippen LogP contribution in [0.1, 0.15) is 29.8 Å². The van der Waals surface area contributed by atoms with E-state index in [2.05, 4.69) is 50.5 Å². The smallest absolute Gasteiger partial charge is 0.352 e. The van der Waals surface area contributed by atoms with Crippen molar-refractivity contribution in [3.63, 3.8) is 0 Å². The number of rotatable bonds is 6. The Bertz CT molecular complexity index is 825. The van der Waals surface area contributed by atoms with Gasteiger partial charge in [0.05, 0.1) is 13.2 Å². The molecule has 0 radical (unpaired) electrons. The molecule has 1 amide bonds. The van der Waals surface area contributed by atoms with Gasteiger partial charge < -0.3 is 15.2 Å². The molecule has 7 heteroatoms. The maximum Gasteiger partial charge on any atom is 0.352 e. The number of amides is 1. The number of ether oxygens (including phenoxy) is 1. The summed E-state index contributed by atoms with van der Waals surface area (Å²) in [5, 5.41) is 11.9. The number of carbonyl (C=O) groups excluding carboxylic acids is 1. The highest BCUT2D eigenvalue weighted by atomic mass is 127. The molecule has 2 aromatic rings. The highest BCUT2D eigenvalue weighted by Crippen LogP contribution is 2.30. The van der Waals surface area contributed by atoms with E-state index in [1.165, 1.54) is 6.08 Å². The molecule has 0 saturated heterocycles. The summed E-state index contributed by atoms with van der Waals surface area (Å²) in [6, 6.07) is 12.1. The third-order valence-corrected chi connectivity index (χ3v) is 4.80. The van der Waals surface area contributed by atoms with Crippen LogP contribution in [-0.4, -0.2) is 23.1 Å². The van der Waals surface area contributed by atoms with Crippen LogP contribution in [0.3, 0.4) is 0 Å². The molecule has 2 rings (SSSR count).